The Labute approximate surface area is 138 Å². The fourth-order valence-corrected chi connectivity index (χ4v) is 2.58. The molecule has 1 aliphatic heterocycles. The summed E-state index contributed by atoms with van der Waals surface area (Å²) < 4.78 is 0. The van der Waals surface area contributed by atoms with E-state index in [1.165, 1.54) is 28.0 Å². The van der Waals surface area contributed by atoms with Crippen LogP contribution in [0.5, 0.6) is 5.75 Å². The lowest BCUT2D eigenvalue weighted by Crippen LogP contribution is -2.60. The van der Waals surface area contributed by atoms with Gasteiger partial charge in [-0.15, -0.1) is 0 Å². The van der Waals surface area contributed by atoms with Crippen LogP contribution in [0.25, 0.3) is 0 Å². The maximum atomic E-state index is 12.6. The molecule has 1 aromatic carbocycles. The number of carboxylic acid groups (broad SMARTS) is 1. The number of carbonyl (C=O) groups is 3. The molecule has 0 saturated carbocycles. The normalized spacial score (nSPS) is 17.5. The van der Waals surface area contributed by atoms with Crippen molar-refractivity contribution in [3.63, 3.8) is 0 Å². The fraction of sp³-hybridized carbons (Fsp3) is 0.400. The number of phenols is 1. The van der Waals surface area contributed by atoms with Gasteiger partial charge in [-0.2, -0.15) is 0 Å². The minimum atomic E-state index is -1.22. The van der Waals surface area contributed by atoms with E-state index in [4.69, 9.17) is 5.73 Å². The lowest BCUT2D eigenvalue weighted by Gasteiger charge is -2.40. The van der Waals surface area contributed by atoms with E-state index in [0.29, 0.717) is 0 Å². The molecule has 1 heterocycles. The second-order valence-corrected chi connectivity index (χ2v) is 5.72. The first-order chi connectivity index (χ1) is 11.2. The van der Waals surface area contributed by atoms with Crippen molar-refractivity contribution in [3.8, 4) is 5.75 Å². The zero-order chi connectivity index (χ0) is 18.0. The van der Waals surface area contributed by atoms with Gasteiger partial charge in [0, 0.05) is 27.2 Å². The Bertz CT molecular complexity index is 676. The summed E-state index contributed by atoms with van der Waals surface area (Å²) in [5, 5.41) is 19.4. The average Bonchev–Trinajstić information content (AvgIpc) is 2.55. The van der Waals surface area contributed by atoms with Crippen molar-refractivity contribution in [1.29, 1.82) is 0 Å². The van der Waals surface area contributed by atoms with Crippen LogP contribution in [-0.4, -0.2) is 82.6 Å². The molecule has 1 saturated heterocycles. The number of carboxylic acids is 1. The van der Waals surface area contributed by atoms with Gasteiger partial charge in [-0.25, -0.2) is 9.59 Å². The van der Waals surface area contributed by atoms with Gasteiger partial charge < -0.3 is 30.6 Å². The quantitative estimate of drug-likeness (QED) is 0.510. The molecular weight excluding hydrogens is 316 g/mol. The Morgan fingerprint density at radius 1 is 1.25 bits per heavy atom. The zero-order valence-corrected chi connectivity index (χ0v) is 13.5. The maximum Gasteiger partial charge on any atom is 0.328 e. The highest BCUT2D eigenvalue weighted by molar-refractivity contribution is 6.00. The number of aliphatic carboxylic acids is 1. The first-order valence-electron chi connectivity index (χ1n) is 7.31. The summed E-state index contributed by atoms with van der Waals surface area (Å²) in [5.74, 6) is -2.23. The second kappa shape index (κ2) is 6.65. The Kier molecular flexibility index (Phi) is 4.82. The third-order valence-corrected chi connectivity index (χ3v) is 3.88. The molecule has 1 atom stereocenters. The molecule has 2 rings (SSSR count). The number of piperazine rings is 1. The Morgan fingerprint density at radius 3 is 2.50 bits per heavy atom. The topological polar surface area (TPSA) is 127 Å². The average molecular weight is 336 g/mol. The standard InChI is InChI=1S/C15H20N4O5/c1-17(2)15(24)18-6-7-19(11(8-18)14(22)23)13(21)9-4-3-5-10(16)12(9)20/h3-5,11,20H,6-8,16H2,1-2H3,(H,22,23). The first-order valence-corrected chi connectivity index (χ1v) is 7.31. The molecule has 1 aromatic rings. The highest BCUT2D eigenvalue weighted by Crippen LogP contribution is 2.27. The van der Waals surface area contributed by atoms with Gasteiger partial charge in [0.15, 0.2) is 5.75 Å². The largest absolute Gasteiger partial charge is 0.505 e. The summed E-state index contributed by atoms with van der Waals surface area (Å²) in [6, 6.07) is 2.80. The van der Waals surface area contributed by atoms with Crippen LogP contribution in [-0.2, 0) is 4.79 Å². The third kappa shape index (κ3) is 3.19. The lowest BCUT2D eigenvalue weighted by molar-refractivity contribution is -0.144. The van der Waals surface area contributed by atoms with Crippen LogP contribution in [0.3, 0.4) is 0 Å². The van der Waals surface area contributed by atoms with Gasteiger partial charge in [0.25, 0.3) is 5.91 Å². The van der Waals surface area contributed by atoms with E-state index in [9.17, 15) is 24.6 Å². The number of urea groups is 1. The molecule has 4 N–H and O–H groups in total. The van der Waals surface area contributed by atoms with E-state index < -0.39 is 17.9 Å². The summed E-state index contributed by atoms with van der Waals surface area (Å²) in [5.41, 5.74) is 5.56. The van der Waals surface area contributed by atoms with Gasteiger partial charge in [0.1, 0.15) is 6.04 Å². The summed E-state index contributed by atoms with van der Waals surface area (Å²) >= 11 is 0. The number of hydrogen-bond acceptors (Lipinski definition) is 5. The predicted octanol–water partition coefficient (Wildman–Crippen LogP) is -0.133. The second-order valence-electron chi connectivity index (χ2n) is 5.72. The summed E-state index contributed by atoms with van der Waals surface area (Å²) in [4.78, 5) is 40.1. The van der Waals surface area contributed by atoms with Gasteiger partial charge in [-0.3, -0.25) is 4.79 Å². The predicted molar refractivity (Wildman–Crippen MR) is 85.6 cm³/mol. The van der Waals surface area contributed by atoms with Crippen LogP contribution in [0.1, 0.15) is 10.4 Å². The number of para-hydroxylation sites is 1. The number of carbonyl (C=O) groups excluding carboxylic acids is 2. The van der Waals surface area contributed by atoms with Gasteiger partial charge in [-0.1, -0.05) is 6.07 Å². The molecule has 9 heteroatoms. The van der Waals surface area contributed by atoms with Crippen molar-refractivity contribution < 1.29 is 24.6 Å². The number of hydrogen-bond donors (Lipinski definition) is 3. The van der Waals surface area contributed by atoms with Crippen molar-refractivity contribution in [2.75, 3.05) is 39.5 Å². The molecule has 0 aliphatic carbocycles. The van der Waals surface area contributed by atoms with Crippen LogP contribution in [0.2, 0.25) is 0 Å². The maximum absolute atomic E-state index is 12.6. The van der Waals surface area contributed by atoms with Gasteiger partial charge >= 0.3 is 12.0 Å². The van der Waals surface area contributed by atoms with Gasteiger partial charge in [-0.05, 0) is 12.1 Å². The van der Waals surface area contributed by atoms with Crippen molar-refractivity contribution in [1.82, 2.24) is 14.7 Å². The number of rotatable bonds is 2. The zero-order valence-electron chi connectivity index (χ0n) is 13.5. The van der Waals surface area contributed by atoms with E-state index in [0.717, 1.165) is 4.90 Å². The van der Waals surface area contributed by atoms with Gasteiger partial charge in [0.2, 0.25) is 0 Å². The van der Waals surface area contributed by atoms with Crippen molar-refractivity contribution >= 4 is 23.6 Å². The summed E-state index contributed by atoms with van der Waals surface area (Å²) in [6.45, 7) is 0.125. The number of aromatic hydroxyl groups is 1. The van der Waals surface area contributed by atoms with Crippen LogP contribution in [0, 0.1) is 0 Å². The van der Waals surface area contributed by atoms with Crippen molar-refractivity contribution in [2.45, 2.75) is 6.04 Å². The van der Waals surface area contributed by atoms with E-state index in [2.05, 4.69) is 0 Å². The molecule has 1 fully saturated rings. The number of amides is 3. The lowest BCUT2D eigenvalue weighted by atomic mass is 10.1. The molecular formula is C15H20N4O5. The smallest absolute Gasteiger partial charge is 0.328 e. The molecule has 3 amide bonds. The molecule has 0 aromatic heterocycles. The van der Waals surface area contributed by atoms with Crippen LogP contribution < -0.4 is 5.73 Å². The van der Waals surface area contributed by atoms with E-state index in [1.807, 2.05) is 0 Å². The van der Waals surface area contributed by atoms with E-state index >= 15 is 0 Å². The molecule has 9 nitrogen and oxygen atoms in total. The van der Waals surface area contributed by atoms with E-state index in [1.54, 1.807) is 14.1 Å². The third-order valence-electron chi connectivity index (χ3n) is 3.88. The van der Waals surface area contributed by atoms with Gasteiger partial charge in [0.05, 0.1) is 17.8 Å². The highest BCUT2D eigenvalue weighted by Gasteiger charge is 2.38. The summed E-state index contributed by atoms with van der Waals surface area (Å²) in [6.07, 6.45) is 0. The monoisotopic (exact) mass is 336 g/mol. The fourth-order valence-electron chi connectivity index (χ4n) is 2.58. The minimum Gasteiger partial charge on any atom is -0.505 e. The number of nitrogens with two attached hydrogens (primary N) is 1. The molecule has 24 heavy (non-hydrogen) atoms. The Hall–Kier alpha value is -2.97. The van der Waals surface area contributed by atoms with E-state index in [-0.39, 0.29) is 42.7 Å². The molecule has 0 radical (unpaired) electrons. The van der Waals surface area contributed by atoms with Crippen molar-refractivity contribution in [3.05, 3.63) is 23.8 Å². The molecule has 1 aliphatic rings. The van der Waals surface area contributed by atoms with Crippen molar-refractivity contribution in [2.24, 2.45) is 0 Å². The van der Waals surface area contributed by atoms with Crippen LogP contribution >= 0.6 is 0 Å². The number of nitrogens with zero attached hydrogens (tertiary/aromatic N) is 3. The molecule has 0 bridgehead atoms. The highest BCUT2D eigenvalue weighted by atomic mass is 16.4. The summed E-state index contributed by atoms with van der Waals surface area (Å²) in [7, 11) is 3.14. The first kappa shape index (κ1) is 17.4. The Balaban J connectivity index is 2.27. The molecule has 130 valence electrons. The van der Waals surface area contributed by atoms with Crippen LogP contribution in [0.15, 0.2) is 18.2 Å². The number of benzene rings is 1. The van der Waals surface area contributed by atoms with Crippen LogP contribution in [0.4, 0.5) is 10.5 Å². The number of nitrogen functional groups attached to an aromatic ring is 1. The molecule has 0 spiro atoms. The number of phenolic OH excluding ortho intramolecular Hbond substituents is 1. The Morgan fingerprint density at radius 2 is 1.92 bits per heavy atom. The SMILES string of the molecule is CN(C)C(=O)N1CCN(C(=O)c2cccc(N)c2O)C(C(=O)O)C1. The molecule has 1 unspecified atom stereocenters. The minimum absolute atomic E-state index is 0.0362. The number of anilines is 1.